The van der Waals surface area contributed by atoms with Gasteiger partial charge in [0, 0.05) is 19.1 Å². The Labute approximate surface area is 97.5 Å². The highest BCUT2D eigenvalue weighted by Gasteiger charge is 2.35. The Morgan fingerprint density at radius 1 is 1.56 bits per heavy atom. The lowest BCUT2D eigenvalue weighted by molar-refractivity contribution is 0.248. The number of rotatable bonds is 4. The summed E-state index contributed by atoms with van der Waals surface area (Å²) in [5.74, 6) is 0. The summed E-state index contributed by atoms with van der Waals surface area (Å²) in [5, 5.41) is 10.8. The number of hydrogen-bond donors (Lipinski definition) is 1. The molecule has 0 amide bonds. The van der Waals surface area contributed by atoms with Crippen LogP contribution in [-0.2, 0) is 10.0 Å². The molecule has 92 valence electrons. The quantitative estimate of drug-likeness (QED) is 0.773. The summed E-state index contributed by atoms with van der Waals surface area (Å²) in [7, 11) is -1.64. The van der Waals surface area contributed by atoms with Gasteiger partial charge in [0.25, 0.3) is 0 Å². The maximum absolute atomic E-state index is 12.1. The van der Waals surface area contributed by atoms with Gasteiger partial charge in [-0.1, -0.05) is 6.42 Å². The molecule has 1 aliphatic rings. The van der Waals surface area contributed by atoms with Crippen molar-refractivity contribution in [2.45, 2.75) is 37.5 Å². The third-order valence-electron chi connectivity index (χ3n) is 2.97. The van der Waals surface area contributed by atoms with Gasteiger partial charge in [0.1, 0.15) is 0 Å². The van der Waals surface area contributed by atoms with Gasteiger partial charge in [-0.25, -0.2) is 8.42 Å². The van der Waals surface area contributed by atoms with Crippen molar-refractivity contribution in [2.75, 3.05) is 20.1 Å². The van der Waals surface area contributed by atoms with Crippen molar-refractivity contribution in [3.05, 3.63) is 0 Å². The third-order valence-corrected chi connectivity index (χ3v) is 5.10. The molecule has 1 aliphatic heterocycles. The first-order valence-electron chi connectivity index (χ1n) is 5.59. The van der Waals surface area contributed by atoms with Crippen LogP contribution in [0.25, 0.3) is 0 Å². The molecule has 0 aromatic rings. The predicted octanol–water partition coefficient (Wildman–Crippen LogP) is 0.302. The Kier molecular flexibility index (Phi) is 4.71. The lowest BCUT2D eigenvalue weighted by Crippen LogP contribution is -2.50. The Hall–Kier alpha value is -0.640. The molecule has 1 heterocycles. The summed E-state index contributed by atoms with van der Waals surface area (Å²) in [4.78, 5) is 0. The topological polar surface area (TPSA) is 73.2 Å². The molecule has 1 saturated heterocycles. The van der Waals surface area contributed by atoms with Crippen molar-refractivity contribution in [2.24, 2.45) is 0 Å². The van der Waals surface area contributed by atoms with Gasteiger partial charge in [0.2, 0.25) is 10.0 Å². The Morgan fingerprint density at radius 2 is 2.25 bits per heavy atom. The minimum atomic E-state index is -3.45. The van der Waals surface area contributed by atoms with Crippen molar-refractivity contribution in [3.8, 4) is 6.07 Å². The number of nitrogens with one attached hydrogen (secondary N) is 1. The first kappa shape index (κ1) is 13.4. The fourth-order valence-corrected chi connectivity index (χ4v) is 3.54. The van der Waals surface area contributed by atoms with Crippen LogP contribution in [0, 0.1) is 11.3 Å². The van der Waals surface area contributed by atoms with Crippen molar-refractivity contribution in [1.29, 1.82) is 5.26 Å². The van der Waals surface area contributed by atoms with Gasteiger partial charge < -0.3 is 5.32 Å². The van der Waals surface area contributed by atoms with Crippen molar-refractivity contribution < 1.29 is 8.42 Å². The van der Waals surface area contributed by atoms with E-state index < -0.39 is 15.3 Å². The minimum Gasteiger partial charge on any atom is -0.318 e. The average molecular weight is 245 g/mol. The molecule has 5 nitrogen and oxygen atoms in total. The van der Waals surface area contributed by atoms with Gasteiger partial charge in [0.15, 0.2) is 5.25 Å². The van der Waals surface area contributed by atoms with E-state index in [4.69, 9.17) is 5.26 Å². The maximum Gasteiger partial charge on any atom is 0.230 e. The van der Waals surface area contributed by atoms with Gasteiger partial charge in [-0.15, -0.1) is 0 Å². The molecule has 0 aromatic carbocycles. The maximum atomic E-state index is 12.1. The van der Waals surface area contributed by atoms with E-state index >= 15 is 0 Å². The SMILES string of the molecule is CNCC1CCCCN1S(=O)(=O)C(C)C#N. The van der Waals surface area contributed by atoms with Gasteiger partial charge >= 0.3 is 0 Å². The normalized spacial score (nSPS) is 24.9. The van der Waals surface area contributed by atoms with Crippen LogP contribution in [0.15, 0.2) is 0 Å². The van der Waals surface area contributed by atoms with Crippen LogP contribution >= 0.6 is 0 Å². The molecule has 0 aliphatic carbocycles. The summed E-state index contributed by atoms with van der Waals surface area (Å²) >= 11 is 0. The third kappa shape index (κ3) is 2.73. The van der Waals surface area contributed by atoms with Crippen LogP contribution in [0.4, 0.5) is 0 Å². The number of nitriles is 1. The smallest absolute Gasteiger partial charge is 0.230 e. The molecule has 6 heteroatoms. The fourth-order valence-electron chi connectivity index (χ4n) is 2.02. The van der Waals surface area contributed by atoms with E-state index in [0.29, 0.717) is 13.1 Å². The Morgan fingerprint density at radius 3 is 2.81 bits per heavy atom. The zero-order chi connectivity index (χ0) is 12.2. The number of piperidine rings is 1. The number of likely N-dealkylation sites (N-methyl/N-ethyl adjacent to an activating group) is 1. The van der Waals surface area contributed by atoms with Crippen LogP contribution < -0.4 is 5.32 Å². The molecule has 2 atom stereocenters. The van der Waals surface area contributed by atoms with Gasteiger partial charge in [0.05, 0.1) is 6.07 Å². The number of nitrogens with zero attached hydrogens (tertiary/aromatic N) is 2. The lowest BCUT2D eigenvalue weighted by Gasteiger charge is -2.35. The second-order valence-electron chi connectivity index (χ2n) is 4.13. The molecule has 0 bridgehead atoms. The minimum absolute atomic E-state index is 0.000417. The highest BCUT2D eigenvalue weighted by molar-refractivity contribution is 7.90. The Bertz CT molecular complexity index is 359. The van der Waals surface area contributed by atoms with E-state index in [1.54, 1.807) is 0 Å². The van der Waals surface area contributed by atoms with Crippen molar-refractivity contribution >= 4 is 10.0 Å². The van der Waals surface area contributed by atoms with Crippen LogP contribution in [-0.4, -0.2) is 44.2 Å². The zero-order valence-electron chi connectivity index (χ0n) is 9.81. The largest absolute Gasteiger partial charge is 0.318 e. The first-order chi connectivity index (χ1) is 7.54. The second-order valence-corrected chi connectivity index (χ2v) is 6.34. The summed E-state index contributed by atoms with van der Waals surface area (Å²) in [6, 6.07) is 1.81. The van der Waals surface area contributed by atoms with E-state index in [1.807, 2.05) is 13.1 Å². The van der Waals surface area contributed by atoms with Crippen LogP contribution in [0.5, 0.6) is 0 Å². The Balaban J connectivity index is 2.87. The first-order valence-corrected chi connectivity index (χ1v) is 7.09. The van der Waals surface area contributed by atoms with Crippen LogP contribution in [0.3, 0.4) is 0 Å². The molecule has 0 saturated carbocycles. The highest BCUT2D eigenvalue weighted by Crippen LogP contribution is 2.22. The zero-order valence-corrected chi connectivity index (χ0v) is 10.6. The van der Waals surface area contributed by atoms with E-state index in [1.165, 1.54) is 11.2 Å². The van der Waals surface area contributed by atoms with Gasteiger partial charge in [-0.2, -0.15) is 9.57 Å². The van der Waals surface area contributed by atoms with Gasteiger partial charge in [-0.3, -0.25) is 0 Å². The average Bonchev–Trinajstić information content (AvgIpc) is 2.29. The summed E-state index contributed by atoms with van der Waals surface area (Å²) in [6.45, 7) is 2.64. The number of hydrogen-bond acceptors (Lipinski definition) is 4. The van der Waals surface area contributed by atoms with E-state index in [9.17, 15) is 8.42 Å². The van der Waals surface area contributed by atoms with Crippen molar-refractivity contribution in [1.82, 2.24) is 9.62 Å². The fraction of sp³-hybridized carbons (Fsp3) is 0.900. The van der Waals surface area contributed by atoms with Crippen LogP contribution in [0.1, 0.15) is 26.2 Å². The van der Waals surface area contributed by atoms with Gasteiger partial charge in [-0.05, 0) is 26.8 Å². The molecule has 1 fully saturated rings. The van der Waals surface area contributed by atoms with Crippen LogP contribution in [0.2, 0.25) is 0 Å². The molecular formula is C10H19N3O2S. The highest BCUT2D eigenvalue weighted by atomic mass is 32.2. The molecule has 1 N–H and O–H groups in total. The molecule has 0 radical (unpaired) electrons. The molecule has 1 rings (SSSR count). The summed E-state index contributed by atoms with van der Waals surface area (Å²) in [6.07, 6.45) is 2.81. The standard InChI is InChI=1S/C10H19N3O2S/c1-9(7-11)16(14,15)13-6-4-3-5-10(13)8-12-2/h9-10,12H,3-6,8H2,1-2H3. The molecule has 0 spiro atoms. The van der Waals surface area contributed by atoms with Crippen molar-refractivity contribution in [3.63, 3.8) is 0 Å². The molecule has 2 unspecified atom stereocenters. The summed E-state index contributed by atoms with van der Waals surface area (Å²) in [5.41, 5.74) is 0. The second kappa shape index (κ2) is 5.62. The monoisotopic (exact) mass is 245 g/mol. The molecular weight excluding hydrogens is 226 g/mol. The molecule has 0 aromatic heterocycles. The lowest BCUT2D eigenvalue weighted by atomic mass is 10.1. The predicted molar refractivity (Wildman–Crippen MR) is 62.3 cm³/mol. The number of sulfonamides is 1. The summed E-state index contributed by atoms with van der Waals surface area (Å²) < 4.78 is 25.7. The molecule has 16 heavy (non-hydrogen) atoms. The van der Waals surface area contributed by atoms with E-state index in [-0.39, 0.29) is 6.04 Å². The van der Waals surface area contributed by atoms with E-state index in [0.717, 1.165) is 19.3 Å². The van der Waals surface area contributed by atoms with E-state index in [2.05, 4.69) is 5.32 Å².